The van der Waals surface area contributed by atoms with E-state index in [9.17, 15) is 4.79 Å². The SMILES string of the molecule is Cc1ccc(N2C[C@@H](C)C[C@@H](CC(=O)CC3CCN(C(C)C)CC3)C2)c2cccnc12. The van der Waals surface area contributed by atoms with E-state index in [-0.39, 0.29) is 0 Å². The molecule has 0 N–H and O–H groups in total. The summed E-state index contributed by atoms with van der Waals surface area (Å²) < 4.78 is 0. The van der Waals surface area contributed by atoms with Crippen LogP contribution in [0.1, 0.15) is 58.4 Å². The number of aromatic nitrogens is 1. The lowest BCUT2D eigenvalue weighted by Crippen LogP contribution is -2.41. The largest absolute Gasteiger partial charge is 0.370 e. The van der Waals surface area contributed by atoms with Crippen molar-refractivity contribution in [2.75, 3.05) is 31.1 Å². The van der Waals surface area contributed by atoms with Gasteiger partial charge in [0.05, 0.1) is 5.52 Å². The molecule has 1 aromatic carbocycles. The van der Waals surface area contributed by atoms with Crippen LogP contribution in [-0.2, 0) is 4.79 Å². The van der Waals surface area contributed by atoms with Gasteiger partial charge in [-0.25, -0.2) is 0 Å². The van der Waals surface area contributed by atoms with E-state index in [1.54, 1.807) is 0 Å². The molecule has 0 amide bonds. The second-order valence-corrected chi connectivity index (χ2v) is 10.4. The van der Waals surface area contributed by atoms with E-state index in [2.05, 4.69) is 60.7 Å². The molecule has 0 unspecified atom stereocenters. The molecule has 2 fully saturated rings. The summed E-state index contributed by atoms with van der Waals surface area (Å²) in [7, 11) is 0. The molecular formula is C27H39N3O. The molecule has 3 heterocycles. The zero-order valence-corrected chi connectivity index (χ0v) is 19.8. The van der Waals surface area contributed by atoms with Gasteiger partial charge in [0.15, 0.2) is 0 Å². The Bertz CT molecular complexity index is 900. The van der Waals surface area contributed by atoms with Gasteiger partial charge >= 0.3 is 0 Å². The summed E-state index contributed by atoms with van der Waals surface area (Å²) in [5.74, 6) is 2.14. The molecule has 2 atom stereocenters. The number of nitrogens with zero attached hydrogens (tertiary/aromatic N) is 3. The van der Waals surface area contributed by atoms with E-state index in [1.807, 2.05) is 12.3 Å². The highest BCUT2D eigenvalue weighted by atomic mass is 16.1. The number of rotatable bonds is 6. The normalized spacial score (nSPS) is 23.6. The quantitative estimate of drug-likeness (QED) is 0.619. The van der Waals surface area contributed by atoms with Gasteiger partial charge in [-0.2, -0.15) is 0 Å². The number of hydrogen-bond acceptors (Lipinski definition) is 4. The molecule has 2 aromatic rings. The van der Waals surface area contributed by atoms with Gasteiger partial charge < -0.3 is 9.80 Å². The van der Waals surface area contributed by atoms with Gasteiger partial charge in [-0.05, 0) is 94.6 Å². The van der Waals surface area contributed by atoms with E-state index < -0.39 is 0 Å². The molecule has 0 bridgehead atoms. The molecule has 2 aliphatic heterocycles. The molecule has 0 radical (unpaired) electrons. The first-order chi connectivity index (χ1) is 14.9. The van der Waals surface area contributed by atoms with Gasteiger partial charge in [-0.15, -0.1) is 0 Å². The average Bonchev–Trinajstić information content (AvgIpc) is 2.74. The van der Waals surface area contributed by atoms with Crippen LogP contribution < -0.4 is 4.90 Å². The Balaban J connectivity index is 1.39. The minimum absolute atomic E-state index is 0.458. The molecule has 0 spiro atoms. The van der Waals surface area contributed by atoms with Crippen LogP contribution in [0.5, 0.6) is 0 Å². The minimum atomic E-state index is 0.458. The van der Waals surface area contributed by atoms with Crippen LogP contribution in [-0.4, -0.2) is 47.9 Å². The first-order valence-corrected chi connectivity index (χ1v) is 12.3. The second kappa shape index (κ2) is 9.68. The third-order valence-corrected chi connectivity index (χ3v) is 7.45. The van der Waals surface area contributed by atoms with Gasteiger partial charge in [0.25, 0.3) is 0 Å². The predicted molar refractivity (Wildman–Crippen MR) is 130 cm³/mol. The first-order valence-electron chi connectivity index (χ1n) is 12.3. The summed E-state index contributed by atoms with van der Waals surface area (Å²) in [6.07, 6.45) is 6.93. The number of Topliss-reactive ketones (excluding diaryl/α,β-unsaturated/α-hetero) is 1. The number of aryl methyl sites for hydroxylation is 1. The van der Waals surface area contributed by atoms with Gasteiger partial charge in [0.2, 0.25) is 0 Å². The molecule has 4 rings (SSSR count). The Morgan fingerprint density at radius 2 is 1.84 bits per heavy atom. The van der Waals surface area contributed by atoms with E-state index >= 15 is 0 Å². The van der Waals surface area contributed by atoms with Crippen LogP contribution >= 0.6 is 0 Å². The smallest absolute Gasteiger partial charge is 0.133 e. The third-order valence-electron chi connectivity index (χ3n) is 7.45. The number of pyridine rings is 1. The van der Waals surface area contributed by atoms with Crippen LogP contribution in [0.3, 0.4) is 0 Å². The van der Waals surface area contributed by atoms with Crippen molar-refractivity contribution in [3.05, 3.63) is 36.0 Å². The molecule has 1 aromatic heterocycles. The van der Waals surface area contributed by atoms with Crippen molar-refractivity contribution in [3.8, 4) is 0 Å². The Kier molecular flexibility index (Phi) is 6.95. The number of piperidine rings is 2. The third kappa shape index (κ3) is 5.28. The summed E-state index contributed by atoms with van der Waals surface area (Å²) in [6.45, 7) is 13.4. The van der Waals surface area contributed by atoms with Crippen molar-refractivity contribution in [1.29, 1.82) is 0 Å². The number of carbonyl (C=O) groups excluding carboxylic acids is 1. The lowest BCUT2D eigenvalue weighted by Gasteiger charge is -2.39. The summed E-state index contributed by atoms with van der Waals surface area (Å²) in [4.78, 5) is 22.6. The van der Waals surface area contributed by atoms with Gasteiger partial charge in [0.1, 0.15) is 5.78 Å². The molecule has 2 saturated heterocycles. The minimum Gasteiger partial charge on any atom is -0.370 e. The van der Waals surface area contributed by atoms with Crippen molar-refractivity contribution in [2.45, 2.75) is 65.8 Å². The number of hydrogen-bond donors (Lipinski definition) is 0. The molecule has 4 heteroatoms. The number of fused-ring (bicyclic) bond motifs is 1. The lowest BCUT2D eigenvalue weighted by molar-refractivity contribution is -0.121. The molecule has 0 saturated carbocycles. The molecule has 168 valence electrons. The highest BCUT2D eigenvalue weighted by Gasteiger charge is 2.29. The zero-order valence-electron chi connectivity index (χ0n) is 19.8. The van der Waals surface area contributed by atoms with Crippen molar-refractivity contribution < 1.29 is 4.79 Å². The van der Waals surface area contributed by atoms with Crippen LogP contribution in [0.2, 0.25) is 0 Å². The second-order valence-electron chi connectivity index (χ2n) is 10.4. The number of carbonyl (C=O) groups is 1. The Hall–Kier alpha value is -1.94. The molecular weight excluding hydrogens is 382 g/mol. The number of likely N-dealkylation sites (tertiary alicyclic amines) is 1. The van der Waals surface area contributed by atoms with Crippen LogP contribution in [0.15, 0.2) is 30.5 Å². The maximum atomic E-state index is 13.0. The summed E-state index contributed by atoms with van der Waals surface area (Å²) in [5.41, 5.74) is 3.59. The number of ketones is 1. The van der Waals surface area contributed by atoms with E-state index in [4.69, 9.17) is 0 Å². The highest BCUT2D eigenvalue weighted by molar-refractivity contribution is 5.93. The Labute approximate surface area is 188 Å². The van der Waals surface area contributed by atoms with Crippen LogP contribution in [0.4, 0.5) is 5.69 Å². The Morgan fingerprint density at radius 1 is 1.10 bits per heavy atom. The zero-order chi connectivity index (χ0) is 22.0. The maximum Gasteiger partial charge on any atom is 0.133 e. The summed E-state index contributed by atoms with van der Waals surface area (Å²) in [6, 6.07) is 9.28. The van der Waals surface area contributed by atoms with Crippen molar-refractivity contribution in [2.24, 2.45) is 17.8 Å². The van der Waals surface area contributed by atoms with Crippen LogP contribution in [0, 0.1) is 24.7 Å². The molecule has 0 aliphatic carbocycles. The lowest BCUT2D eigenvalue weighted by atomic mass is 9.83. The molecule has 4 nitrogen and oxygen atoms in total. The van der Waals surface area contributed by atoms with Crippen molar-refractivity contribution in [1.82, 2.24) is 9.88 Å². The van der Waals surface area contributed by atoms with Crippen LogP contribution in [0.25, 0.3) is 10.9 Å². The van der Waals surface area contributed by atoms with Crippen molar-refractivity contribution in [3.63, 3.8) is 0 Å². The fraction of sp³-hybridized carbons (Fsp3) is 0.630. The number of benzene rings is 1. The van der Waals surface area contributed by atoms with Crippen molar-refractivity contribution >= 4 is 22.4 Å². The van der Waals surface area contributed by atoms with E-state index in [0.717, 1.165) is 51.0 Å². The standard InChI is InChI=1S/C27H39N3O/c1-19(2)29-12-9-22(10-13-29)15-24(31)16-23-14-20(3)17-30(18-23)26-8-7-21(4)27-25(26)6-5-11-28-27/h5-8,11,19-20,22-23H,9-10,12-18H2,1-4H3/t20-,23-/m0/s1. The summed E-state index contributed by atoms with van der Waals surface area (Å²) >= 11 is 0. The highest BCUT2D eigenvalue weighted by Crippen LogP contribution is 2.34. The molecule has 2 aliphatic rings. The average molecular weight is 422 g/mol. The van der Waals surface area contributed by atoms with E-state index in [1.165, 1.54) is 29.5 Å². The van der Waals surface area contributed by atoms with Gasteiger partial charge in [-0.1, -0.05) is 13.0 Å². The fourth-order valence-corrected chi connectivity index (χ4v) is 5.80. The topological polar surface area (TPSA) is 36.4 Å². The number of anilines is 1. The summed E-state index contributed by atoms with van der Waals surface area (Å²) in [5, 5.41) is 1.23. The monoisotopic (exact) mass is 421 g/mol. The Morgan fingerprint density at radius 3 is 2.58 bits per heavy atom. The first kappa shape index (κ1) is 22.3. The van der Waals surface area contributed by atoms with Gasteiger partial charge in [0, 0.05) is 49.2 Å². The van der Waals surface area contributed by atoms with E-state index in [0.29, 0.717) is 29.6 Å². The fourth-order valence-electron chi connectivity index (χ4n) is 5.80. The molecule has 31 heavy (non-hydrogen) atoms. The maximum absolute atomic E-state index is 13.0. The van der Waals surface area contributed by atoms with Gasteiger partial charge in [-0.3, -0.25) is 9.78 Å². The predicted octanol–water partition coefficient (Wildman–Crippen LogP) is 5.48.